The van der Waals surface area contributed by atoms with Crippen molar-refractivity contribution in [3.8, 4) is 17.2 Å². The molecule has 3 aromatic rings. The van der Waals surface area contributed by atoms with Gasteiger partial charge in [-0.15, -0.1) is 0 Å². The third-order valence-corrected chi connectivity index (χ3v) is 4.20. The van der Waals surface area contributed by atoms with Gasteiger partial charge in [-0.25, -0.2) is 8.78 Å². The standard InChI is InChI=1S/C17H16F2N4O2/c1-10-13(7-23(21-10)8-15(18)19)17-20-16(22-25-17)6-11-9-24-14-5-3-2-4-12(11)14/h2-5,7,11,15H,6,8-9H2,1H3. The molecular formula is C17H16F2N4O2. The Bertz CT molecular complexity index is 890. The van der Waals surface area contributed by atoms with Gasteiger partial charge < -0.3 is 9.26 Å². The Morgan fingerprint density at radius 2 is 2.16 bits per heavy atom. The van der Waals surface area contributed by atoms with Crippen molar-refractivity contribution in [2.75, 3.05) is 6.61 Å². The number of benzene rings is 1. The van der Waals surface area contributed by atoms with E-state index in [1.807, 2.05) is 24.3 Å². The van der Waals surface area contributed by atoms with Crippen molar-refractivity contribution in [2.45, 2.75) is 32.2 Å². The van der Waals surface area contributed by atoms with E-state index in [0.29, 0.717) is 36.0 Å². The zero-order valence-corrected chi connectivity index (χ0v) is 13.5. The average Bonchev–Trinajstić information content (AvgIpc) is 3.27. The largest absolute Gasteiger partial charge is 0.493 e. The van der Waals surface area contributed by atoms with Gasteiger partial charge in [-0.05, 0) is 13.0 Å². The van der Waals surface area contributed by atoms with Gasteiger partial charge in [-0.2, -0.15) is 10.1 Å². The topological polar surface area (TPSA) is 66.0 Å². The summed E-state index contributed by atoms with van der Waals surface area (Å²) in [6.45, 7) is 1.84. The van der Waals surface area contributed by atoms with Crippen LogP contribution in [0.3, 0.4) is 0 Å². The summed E-state index contributed by atoms with van der Waals surface area (Å²) in [5.41, 5.74) is 2.28. The number of aryl methyl sites for hydroxylation is 1. The first kappa shape index (κ1) is 15.7. The molecule has 1 unspecified atom stereocenters. The molecule has 0 radical (unpaired) electrons. The first-order chi connectivity index (χ1) is 12.1. The lowest BCUT2D eigenvalue weighted by Crippen LogP contribution is -2.06. The Morgan fingerprint density at radius 3 is 3.00 bits per heavy atom. The molecule has 0 saturated carbocycles. The lowest BCUT2D eigenvalue weighted by molar-refractivity contribution is 0.121. The Hall–Kier alpha value is -2.77. The Morgan fingerprint density at radius 1 is 1.32 bits per heavy atom. The number of para-hydroxylation sites is 1. The minimum Gasteiger partial charge on any atom is -0.493 e. The second-order valence-electron chi connectivity index (χ2n) is 6.01. The smallest absolute Gasteiger partial charge is 0.261 e. The lowest BCUT2D eigenvalue weighted by atomic mass is 9.98. The molecule has 0 aliphatic carbocycles. The summed E-state index contributed by atoms with van der Waals surface area (Å²) >= 11 is 0. The van der Waals surface area contributed by atoms with Crippen LogP contribution in [0.25, 0.3) is 11.5 Å². The fourth-order valence-electron chi connectivity index (χ4n) is 3.03. The fraction of sp³-hybridized carbons (Fsp3) is 0.353. The minimum absolute atomic E-state index is 0.171. The molecule has 6 nitrogen and oxygen atoms in total. The van der Waals surface area contributed by atoms with Gasteiger partial charge in [-0.3, -0.25) is 4.68 Å². The number of hydrogen-bond donors (Lipinski definition) is 0. The molecule has 0 amide bonds. The highest BCUT2D eigenvalue weighted by Crippen LogP contribution is 2.35. The fourth-order valence-corrected chi connectivity index (χ4v) is 3.03. The van der Waals surface area contributed by atoms with Gasteiger partial charge in [0.05, 0.1) is 17.9 Å². The third kappa shape index (κ3) is 3.11. The highest BCUT2D eigenvalue weighted by Gasteiger charge is 2.26. The van der Waals surface area contributed by atoms with Gasteiger partial charge in [0, 0.05) is 24.1 Å². The maximum atomic E-state index is 12.5. The van der Waals surface area contributed by atoms with Crippen LogP contribution in [0.5, 0.6) is 5.75 Å². The molecule has 2 aromatic heterocycles. The van der Waals surface area contributed by atoms with Crippen molar-refractivity contribution in [1.82, 2.24) is 19.9 Å². The minimum atomic E-state index is -2.46. The number of ether oxygens (including phenoxy) is 1. The van der Waals surface area contributed by atoms with E-state index in [1.54, 1.807) is 6.92 Å². The van der Waals surface area contributed by atoms with E-state index in [1.165, 1.54) is 10.9 Å². The SMILES string of the molecule is Cc1nn(CC(F)F)cc1-c1nc(CC2COc3ccccc32)no1. The number of alkyl halides is 2. The van der Waals surface area contributed by atoms with E-state index in [4.69, 9.17) is 9.26 Å². The third-order valence-electron chi connectivity index (χ3n) is 4.20. The van der Waals surface area contributed by atoms with Gasteiger partial charge in [0.2, 0.25) is 0 Å². The number of hydrogen-bond acceptors (Lipinski definition) is 5. The predicted octanol–water partition coefficient (Wildman–Crippen LogP) is 3.23. The van der Waals surface area contributed by atoms with Gasteiger partial charge >= 0.3 is 0 Å². The van der Waals surface area contributed by atoms with E-state index < -0.39 is 13.0 Å². The second kappa shape index (κ2) is 6.27. The molecule has 3 heterocycles. The van der Waals surface area contributed by atoms with Crippen LogP contribution >= 0.6 is 0 Å². The number of aromatic nitrogens is 4. The van der Waals surface area contributed by atoms with Crippen molar-refractivity contribution in [3.05, 3.63) is 47.5 Å². The summed E-state index contributed by atoms with van der Waals surface area (Å²) in [7, 11) is 0. The average molecular weight is 346 g/mol. The van der Waals surface area contributed by atoms with Crippen LogP contribution in [0.15, 0.2) is 35.0 Å². The molecule has 0 spiro atoms. The van der Waals surface area contributed by atoms with Crippen LogP contribution in [0.2, 0.25) is 0 Å². The Kier molecular flexibility index (Phi) is 3.95. The summed E-state index contributed by atoms with van der Waals surface area (Å²) in [5.74, 6) is 1.91. The number of halogens is 2. The number of fused-ring (bicyclic) bond motifs is 1. The molecule has 25 heavy (non-hydrogen) atoms. The van der Waals surface area contributed by atoms with Crippen molar-refractivity contribution >= 4 is 0 Å². The maximum Gasteiger partial charge on any atom is 0.261 e. The summed E-state index contributed by atoms with van der Waals surface area (Å²) < 4.78 is 37.1. The van der Waals surface area contributed by atoms with Crippen LogP contribution < -0.4 is 4.74 Å². The summed E-state index contributed by atoms with van der Waals surface area (Å²) in [6, 6.07) is 7.89. The van der Waals surface area contributed by atoms with E-state index >= 15 is 0 Å². The first-order valence-electron chi connectivity index (χ1n) is 7.97. The molecule has 0 saturated heterocycles. The molecule has 8 heteroatoms. The van der Waals surface area contributed by atoms with Gasteiger partial charge in [0.15, 0.2) is 5.82 Å². The van der Waals surface area contributed by atoms with Crippen molar-refractivity contribution in [3.63, 3.8) is 0 Å². The normalized spacial score (nSPS) is 16.2. The molecule has 0 N–H and O–H groups in total. The zero-order chi connectivity index (χ0) is 17.4. The quantitative estimate of drug-likeness (QED) is 0.710. The molecule has 1 atom stereocenters. The molecule has 130 valence electrons. The molecular weight excluding hydrogens is 330 g/mol. The Labute approximate surface area is 142 Å². The number of rotatable bonds is 5. The zero-order valence-electron chi connectivity index (χ0n) is 13.5. The van der Waals surface area contributed by atoms with E-state index in [0.717, 1.165) is 11.3 Å². The van der Waals surface area contributed by atoms with Gasteiger partial charge in [-0.1, -0.05) is 23.4 Å². The molecule has 0 fully saturated rings. The van der Waals surface area contributed by atoms with Crippen molar-refractivity contribution < 1.29 is 18.0 Å². The van der Waals surface area contributed by atoms with Crippen LogP contribution in [0.1, 0.15) is 23.0 Å². The first-order valence-corrected chi connectivity index (χ1v) is 7.97. The van der Waals surface area contributed by atoms with E-state index in [-0.39, 0.29) is 5.92 Å². The summed E-state index contributed by atoms with van der Waals surface area (Å²) in [4.78, 5) is 4.40. The van der Waals surface area contributed by atoms with Crippen LogP contribution in [0, 0.1) is 6.92 Å². The molecule has 1 aromatic carbocycles. The van der Waals surface area contributed by atoms with Gasteiger partial charge in [0.25, 0.3) is 12.3 Å². The number of nitrogens with zero attached hydrogens (tertiary/aromatic N) is 4. The molecule has 0 bridgehead atoms. The van der Waals surface area contributed by atoms with Crippen LogP contribution in [0.4, 0.5) is 8.78 Å². The lowest BCUT2D eigenvalue weighted by Gasteiger charge is -2.04. The maximum absolute atomic E-state index is 12.5. The highest BCUT2D eigenvalue weighted by atomic mass is 19.3. The van der Waals surface area contributed by atoms with E-state index in [9.17, 15) is 8.78 Å². The predicted molar refractivity (Wildman–Crippen MR) is 84.6 cm³/mol. The van der Waals surface area contributed by atoms with Crippen LogP contribution in [-0.4, -0.2) is 33.0 Å². The second-order valence-corrected chi connectivity index (χ2v) is 6.01. The Balaban J connectivity index is 1.52. The van der Waals surface area contributed by atoms with E-state index in [2.05, 4.69) is 15.2 Å². The van der Waals surface area contributed by atoms with Crippen molar-refractivity contribution in [1.29, 1.82) is 0 Å². The molecule has 1 aliphatic rings. The van der Waals surface area contributed by atoms with Crippen LogP contribution in [-0.2, 0) is 13.0 Å². The van der Waals surface area contributed by atoms with Crippen molar-refractivity contribution in [2.24, 2.45) is 0 Å². The molecule has 1 aliphatic heterocycles. The summed E-state index contributed by atoms with van der Waals surface area (Å²) in [6.07, 6.45) is -0.370. The summed E-state index contributed by atoms with van der Waals surface area (Å²) in [5, 5.41) is 8.07. The highest BCUT2D eigenvalue weighted by molar-refractivity contribution is 5.54. The van der Waals surface area contributed by atoms with Gasteiger partial charge in [0.1, 0.15) is 12.3 Å². The molecule has 4 rings (SSSR count). The monoisotopic (exact) mass is 346 g/mol.